The Kier molecular flexibility index (Phi) is 8.12. The number of esters is 1. The van der Waals surface area contributed by atoms with Gasteiger partial charge in [-0.25, -0.2) is 0 Å². The fourth-order valence-corrected chi connectivity index (χ4v) is 1.91. The molecule has 116 valence electrons. The van der Waals surface area contributed by atoms with Crippen LogP contribution in [0.1, 0.15) is 31.7 Å². The Balaban J connectivity index is 2.15. The monoisotopic (exact) mass is 292 g/mol. The first-order valence-corrected chi connectivity index (χ1v) is 7.36. The number of carbonyl (C=O) groups is 2. The molecular weight excluding hydrogens is 268 g/mol. The molecule has 3 N–H and O–H groups in total. The highest BCUT2D eigenvalue weighted by molar-refractivity contribution is 5.81. The molecule has 0 saturated heterocycles. The van der Waals surface area contributed by atoms with E-state index < -0.39 is 6.04 Å². The van der Waals surface area contributed by atoms with Gasteiger partial charge in [-0.15, -0.1) is 0 Å². The molecule has 0 saturated carbocycles. The first-order chi connectivity index (χ1) is 10.1. The summed E-state index contributed by atoms with van der Waals surface area (Å²) in [6.45, 7) is 2.59. The van der Waals surface area contributed by atoms with Crippen LogP contribution < -0.4 is 11.1 Å². The van der Waals surface area contributed by atoms with E-state index in [1.54, 1.807) is 6.92 Å². The van der Waals surface area contributed by atoms with Crippen LogP contribution in [-0.2, 0) is 20.7 Å². The Hall–Kier alpha value is -1.88. The van der Waals surface area contributed by atoms with Gasteiger partial charge in [0, 0.05) is 13.0 Å². The zero-order chi connectivity index (χ0) is 15.5. The third-order valence-corrected chi connectivity index (χ3v) is 3.09. The van der Waals surface area contributed by atoms with Crippen LogP contribution in [0.3, 0.4) is 0 Å². The number of ether oxygens (including phenoxy) is 1. The van der Waals surface area contributed by atoms with Gasteiger partial charge in [0.2, 0.25) is 5.91 Å². The van der Waals surface area contributed by atoms with Crippen LogP contribution in [0.15, 0.2) is 30.3 Å². The number of rotatable bonds is 9. The van der Waals surface area contributed by atoms with Gasteiger partial charge in [-0.3, -0.25) is 9.59 Å². The molecule has 1 unspecified atom stereocenters. The molecule has 5 nitrogen and oxygen atoms in total. The SMILES string of the molecule is CCOC(=O)CCCNC(=O)C(N)CCc1ccccc1. The van der Waals surface area contributed by atoms with E-state index in [2.05, 4.69) is 5.32 Å². The number of benzene rings is 1. The smallest absolute Gasteiger partial charge is 0.305 e. The summed E-state index contributed by atoms with van der Waals surface area (Å²) in [6.07, 6.45) is 2.26. The maximum atomic E-state index is 11.8. The standard InChI is InChI=1S/C16H24N2O3/c1-2-21-15(19)9-6-12-18-16(20)14(17)11-10-13-7-4-3-5-8-13/h3-5,7-8,14H,2,6,9-12,17H2,1H3,(H,18,20). The second kappa shape index (κ2) is 9.94. The summed E-state index contributed by atoms with van der Waals surface area (Å²) in [5.41, 5.74) is 7.02. The molecule has 0 fully saturated rings. The molecule has 1 atom stereocenters. The van der Waals surface area contributed by atoms with Crippen LogP contribution in [-0.4, -0.2) is 31.1 Å². The molecule has 0 heterocycles. The summed E-state index contributed by atoms with van der Waals surface area (Å²) >= 11 is 0. The predicted molar refractivity (Wildman–Crippen MR) is 81.6 cm³/mol. The van der Waals surface area contributed by atoms with Gasteiger partial charge in [0.25, 0.3) is 0 Å². The van der Waals surface area contributed by atoms with Crippen molar-refractivity contribution in [3.05, 3.63) is 35.9 Å². The largest absolute Gasteiger partial charge is 0.466 e. The van der Waals surface area contributed by atoms with Gasteiger partial charge in [0.15, 0.2) is 0 Å². The number of nitrogens with one attached hydrogen (secondary N) is 1. The van der Waals surface area contributed by atoms with Crippen LogP contribution in [0.2, 0.25) is 0 Å². The first-order valence-electron chi connectivity index (χ1n) is 7.36. The highest BCUT2D eigenvalue weighted by atomic mass is 16.5. The summed E-state index contributed by atoms with van der Waals surface area (Å²) < 4.78 is 4.81. The second-order valence-electron chi connectivity index (χ2n) is 4.83. The van der Waals surface area contributed by atoms with Gasteiger partial charge in [0.1, 0.15) is 0 Å². The van der Waals surface area contributed by atoms with E-state index in [9.17, 15) is 9.59 Å². The molecule has 0 aromatic heterocycles. The van der Waals surface area contributed by atoms with E-state index >= 15 is 0 Å². The number of hydrogen-bond acceptors (Lipinski definition) is 4. The molecule has 0 radical (unpaired) electrons. The minimum Gasteiger partial charge on any atom is -0.466 e. The molecule has 0 aliphatic heterocycles. The Morgan fingerprint density at radius 3 is 2.67 bits per heavy atom. The topological polar surface area (TPSA) is 81.4 Å². The zero-order valence-electron chi connectivity index (χ0n) is 12.5. The third-order valence-electron chi connectivity index (χ3n) is 3.09. The summed E-state index contributed by atoms with van der Waals surface area (Å²) in [4.78, 5) is 22.9. The molecule has 0 spiro atoms. The van der Waals surface area contributed by atoms with E-state index in [1.165, 1.54) is 5.56 Å². The van der Waals surface area contributed by atoms with Crippen molar-refractivity contribution in [3.8, 4) is 0 Å². The molecule has 21 heavy (non-hydrogen) atoms. The fraction of sp³-hybridized carbons (Fsp3) is 0.500. The molecule has 1 amide bonds. The summed E-state index contributed by atoms with van der Waals surface area (Å²) in [5, 5.41) is 2.74. The first kappa shape index (κ1) is 17.2. The van der Waals surface area contributed by atoms with Crippen molar-refractivity contribution in [1.29, 1.82) is 0 Å². The lowest BCUT2D eigenvalue weighted by Crippen LogP contribution is -2.41. The lowest BCUT2D eigenvalue weighted by Gasteiger charge is -2.12. The Morgan fingerprint density at radius 2 is 2.00 bits per heavy atom. The number of carbonyl (C=O) groups excluding carboxylic acids is 2. The van der Waals surface area contributed by atoms with E-state index in [4.69, 9.17) is 10.5 Å². The molecular formula is C16H24N2O3. The molecule has 1 aromatic carbocycles. The molecule has 1 rings (SSSR count). The minimum absolute atomic E-state index is 0.171. The van der Waals surface area contributed by atoms with Crippen LogP contribution in [0.4, 0.5) is 0 Å². The van der Waals surface area contributed by atoms with E-state index in [1.807, 2.05) is 30.3 Å². The van der Waals surface area contributed by atoms with Crippen LogP contribution in [0, 0.1) is 0 Å². The van der Waals surface area contributed by atoms with Gasteiger partial charge in [-0.2, -0.15) is 0 Å². The van der Waals surface area contributed by atoms with Gasteiger partial charge >= 0.3 is 5.97 Å². The quantitative estimate of drug-likeness (QED) is 0.532. The summed E-state index contributed by atoms with van der Waals surface area (Å²) in [5.74, 6) is -0.407. The van der Waals surface area contributed by atoms with E-state index in [-0.39, 0.29) is 11.9 Å². The van der Waals surface area contributed by atoms with Crippen molar-refractivity contribution in [3.63, 3.8) is 0 Å². The predicted octanol–water partition coefficient (Wildman–Crippen LogP) is 1.41. The number of hydrogen-bond donors (Lipinski definition) is 2. The maximum absolute atomic E-state index is 11.8. The Bertz CT molecular complexity index is 434. The van der Waals surface area contributed by atoms with Crippen molar-refractivity contribution in [2.24, 2.45) is 5.73 Å². The highest BCUT2D eigenvalue weighted by Gasteiger charge is 2.12. The molecule has 0 bridgehead atoms. The van der Waals surface area contributed by atoms with Crippen molar-refractivity contribution in [2.45, 2.75) is 38.6 Å². The second-order valence-corrected chi connectivity index (χ2v) is 4.83. The van der Waals surface area contributed by atoms with Gasteiger partial charge < -0.3 is 15.8 Å². The average molecular weight is 292 g/mol. The van der Waals surface area contributed by atoms with Crippen LogP contribution >= 0.6 is 0 Å². The summed E-state index contributed by atoms with van der Waals surface area (Å²) in [7, 11) is 0. The zero-order valence-corrected chi connectivity index (χ0v) is 12.5. The fourth-order valence-electron chi connectivity index (χ4n) is 1.91. The number of nitrogens with two attached hydrogens (primary N) is 1. The van der Waals surface area contributed by atoms with Gasteiger partial charge in [-0.1, -0.05) is 30.3 Å². The average Bonchev–Trinajstić information content (AvgIpc) is 2.50. The highest BCUT2D eigenvalue weighted by Crippen LogP contribution is 2.04. The number of amides is 1. The molecule has 5 heteroatoms. The van der Waals surface area contributed by atoms with Crippen LogP contribution in [0.5, 0.6) is 0 Å². The van der Waals surface area contributed by atoms with Crippen LogP contribution in [0.25, 0.3) is 0 Å². The minimum atomic E-state index is -0.521. The summed E-state index contributed by atoms with van der Waals surface area (Å²) in [6, 6.07) is 9.41. The van der Waals surface area contributed by atoms with E-state index in [0.717, 1.165) is 6.42 Å². The molecule has 0 aliphatic rings. The van der Waals surface area contributed by atoms with Gasteiger partial charge in [-0.05, 0) is 31.7 Å². The van der Waals surface area contributed by atoms with Gasteiger partial charge in [0.05, 0.1) is 12.6 Å². The lowest BCUT2D eigenvalue weighted by molar-refractivity contribution is -0.143. The normalized spacial score (nSPS) is 11.7. The Labute approximate surface area is 125 Å². The van der Waals surface area contributed by atoms with Crippen molar-refractivity contribution in [2.75, 3.05) is 13.2 Å². The number of aryl methyl sites for hydroxylation is 1. The molecule has 0 aliphatic carbocycles. The Morgan fingerprint density at radius 1 is 1.29 bits per heavy atom. The lowest BCUT2D eigenvalue weighted by atomic mass is 10.1. The maximum Gasteiger partial charge on any atom is 0.305 e. The van der Waals surface area contributed by atoms with E-state index in [0.29, 0.717) is 32.4 Å². The third kappa shape index (κ3) is 7.46. The van der Waals surface area contributed by atoms with Crippen molar-refractivity contribution >= 4 is 11.9 Å². The van der Waals surface area contributed by atoms with Crippen molar-refractivity contribution in [1.82, 2.24) is 5.32 Å². The molecule has 1 aromatic rings. The van der Waals surface area contributed by atoms with Crippen molar-refractivity contribution < 1.29 is 14.3 Å².